The van der Waals surface area contributed by atoms with Gasteiger partial charge in [0.05, 0.1) is 15.1 Å². The molecule has 0 bridgehead atoms. The van der Waals surface area contributed by atoms with E-state index >= 15 is 0 Å². The fourth-order valence-electron chi connectivity index (χ4n) is 2.99. The monoisotopic (exact) mass is 420 g/mol. The highest BCUT2D eigenvalue weighted by Gasteiger charge is 2.23. The lowest BCUT2D eigenvalue weighted by Crippen LogP contribution is -2.17. The minimum atomic E-state index is -0.142. The number of nitrogens with one attached hydrogen (secondary N) is 1. The minimum absolute atomic E-state index is 0.142. The molecule has 0 fully saturated rings. The average Bonchev–Trinajstić information content (AvgIpc) is 2.62. The molecule has 3 nitrogen and oxygen atoms in total. The van der Waals surface area contributed by atoms with E-state index in [0.29, 0.717) is 21.5 Å². The van der Waals surface area contributed by atoms with Crippen molar-refractivity contribution >= 4 is 57.8 Å². The number of carbonyl (C=O) groups is 1. The van der Waals surface area contributed by atoms with Gasteiger partial charge in [-0.15, -0.1) is 23.1 Å². The van der Waals surface area contributed by atoms with Crippen LogP contribution in [0.1, 0.15) is 30.0 Å². The molecule has 0 saturated heterocycles. The lowest BCUT2D eigenvalue weighted by molar-refractivity contribution is -0.113. The van der Waals surface area contributed by atoms with E-state index in [4.69, 9.17) is 23.8 Å². The summed E-state index contributed by atoms with van der Waals surface area (Å²) in [5, 5.41) is 13.8. The Labute approximate surface area is 171 Å². The Balaban J connectivity index is 1.76. The number of hydrogen-bond donors (Lipinski definition) is 1. The van der Waals surface area contributed by atoms with Gasteiger partial charge in [0.25, 0.3) is 0 Å². The summed E-state index contributed by atoms with van der Waals surface area (Å²) in [7, 11) is 0. The maximum atomic E-state index is 12.4. The second-order valence-corrected chi connectivity index (χ2v) is 9.47. The largest absolute Gasteiger partial charge is 0.316 e. The Kier molecular flexibility index (Phi) is 6.36. The molecule has 1 aromatic heterocycles. The van der Waals surface area contributed by atoms with Crippen LogP contribution in [0.15, 0.2) is 29.2 Å². The number of carbonyl (C=O) groups excluding carboxylic acids is 1. The van der Waals surface area contributed by atoms with Gasteiger partial charge in [0.15, 0.2) is 0 Å². The van der Waals surface area contributed by atoms with Gasteiger partial charge < -0.3 is 5.32 Å². The summed E-state index contributed by atoms with van der Waals surface area (Å²) >= 11 is 14.2. The zero-order valence-electron chi connectivity index (χ0n) is 14.2. The van der Waals surface area contributed by atoms with Gasteiger partial charge >= 0.3 is 0 Å². The highest BCUT2D eigenvalue weighted by atomic mass is 35.5. The molecule has 1 unspecified atom stereocenters. The maximum Gasteiger partial charge on any atom is 0.235 e. The van der Waals surface area contributed by atoms with Gasteiger partial charge in [-0.25, -0.2) is 0 Å². The number of nitriles is 1. The predicted octanol–water partition coefficient (Wildman–Crippen LogP) is 5.86. The van der Waals surface area contributed by atoms with Gasteiger partial charge in [0, 0.05) is 9.92 Å². The predicted molar refractivity (Wildman–Crippen MR) is 112 cm³/mol. The number of benzene rings is 1. The molecule has 1 aliphatic rings. The SMILES string of the molecule is CC1CCc2c(C#N)c(NC(=O)CSc3ccc(Cl)cc3)sc(=S)c2C1. The third-order valence-corrected chi connectivity index (χ3v) is 7.02. The lowest BCUT2D eigenvalue weighted by atomic mass is 9.85. The van der Waals surface area contributed by atoms with E-state index in [1.165, 1.54) is 23.1 Å². The highest BCUT2D eigenvalue weighted by Crippen LogP contribution is 2.36. The van der Waals surface area contributed by atoms with Crippen LogP contribution in [0.25, 0.3) is 0 Å². The zero-order valence-corrected chi connectivity index (χ0v) is 17.4. The van der Waals surface area contributed by atoms with Crippen molar-refractivity contribution in [3.8, 4) is 6.07 Å². The summed E-state index contributed by atoms with van der Waals surface area (Å²) in [5.74, 6) is 0.704. The van der Waals surface area contributed by atoms with Crippen LogP contribution in [0.3, 0.4) is 0 Å². The summed E-state index contributed by atoms with van der Waals surface area (Å²) in [4.78, 5) is 13.3. The molecule has 0 aliphatic heterocycles. The van der Waals surface area contributed by atoms with Crippen molar-refractivity contribution < 1.29 is 4.79 Å². The van der Waals surface area contributed by atoms with Crippen LogP contribution in [0.4, 0.5) is 5.00 Å². The number of halogens is 1. The molecule has 7 heteroatoms. The van der Waals surface area contributed by atoms with Crippen molar-refractivity contribution in [2.75, 3.05) is 11.1 Å². The first kappa shape index (κ1) is 19.4. The van der Waals surface area contributed by atoms with Crippen LogP contribution in [-0.2, 0) is 17.6 Å². The molecular formula is C19H17ClN2OS3. The molecule has 1 aliphatic carbocycles. The molecule has 1 N–H and O–H groups in total. The number of hydrogen-bond acceptors (Lipinski definition) is 5. The molecular weight excluding hydrogens is 404 g/mol. The number of rotatable bonds is 4. The fraction of sp³-hybridized carbons (Fsp3) is 0.316. The van der Waals surface area contributed by atoms with Crippen molar-refractivity contribution in [1.29, 1.82) is 5.26 Å². The van der Waals surface area contributed by atoms with Crippen molar-refractivity contribution in [3.05, 3.63) is 49.8 Å². The van der Waals surface area contributed by atoms with Crippen molar-refractivity contribution in [2.24, 2.45) is 5.92 Å². The van der Waals surface area contributed by atoms with Crippen LogP contribution in [0.2, 0.25) is 5.02 Å². The van der Waals surface area contributed by atoms with E-state index in [1.54, 1.807) is 12.1 Å². The Hall–Kier alpha value is -1.39. The number of amides is 1. The molecule has 1 amide bonds. The second kappa shape index (κ2) is 8.53. The van der Waals surface area contributed by atoms with Gasteiger partial charge in [-0.1, -0.05) is 30.7 Å². The topological polar surface area (TPSA) is 52.9 Å². The first-order valence-corrected chi connectivity index (χ1v) is 10.8. The van der Waals surface area contributed by atoms with Crippen molar-refractivity contribution in [1.82, 2.24) is 0 Å². The molecule has 1 heterocycles. The smallest absolute Gasteiger partial charge is 0.235 e. The second-order valence-electron chi connectivity index (χ2n) is 6.30. The third-order valence-electron chi connectivity index (χ3n) is 4.32. The Morgan fingerprint density at radius 1 is 1.42 bits per heavy atom. The van der Waals surface area contributed by atoms with Gasteiger partial charge in [-0.05, 0) is 60.6 Å². The van der Waals surface area contributed by atoms with E-state index in [-0.39, 0.29) is 11.7 Å². The average molecular weight is 421 g/mol. The standard InChI is InChI=1S/C19H17ClN2OS3/c1-11-2-7-14-15(8-11)19(24)26-18(16(14)9-21)22-17(23)10-25-13-5-3-12(20)4-6-13/h3-6,11H,2,7-8,10H2,1H3,(H,22,23). The number of fused-ring (bicyclic) bond motifs is 1. The summed E-state index contributed by atoms with van der Waals surface area (Å²) in [6, 6.07) is 9.63. The number of thioether (sulfide) groups is 1. The summed E-state index contributed by atoms with van der Waals surface area (Å²) < 4.78 is 0.784. The third kappa shape index (κ3) is 4.47. The van der Waals surface area contributed by atoms with E-state index in [1.807, 2.05) is 12.1 Å². The van der Waals surface area contributed by atoms with E-state index < -0.39 is 0 Å². The van der Waals surface area contributed by atoms with E-state index in [0.717, 1.165) is 39.1 Å². The van der Waals surface area contributed by atoms with Gasteiger partial charge in [-0.2, -0.15) is 5.26 Å². The van der Waals surface area contributed by atoms with E-state index in [2.05, 4.69) is 18.3 Å². The first-order valence-electron chi connectivity index (χ1n) is 8.25. The molecule has 0 radical (unpaired) electrons. The summed E-state index contributed by atoms with van der Waals surface area (Å²) in [6.45, 7) is 2.21. The van der Waals surface area contributed by atoms with Gasteiger partial charge in [0.1, 0.15) is 11.1 Å². The molecule has 26 heavy (non-hydrogen) atoms. The highest BCUT2D eigenvalue weighted by molar-refractivity contribution is 8.00. The van der Waals surface area contributed by atoms with Crippen molar-refractivity contribution in [2.45, 2.75) is 31.1 Å². The Morgan fingerprint density at radius 2 is 2.15 bits per heavy atom. The zero-order chi connectivity index (χ0) is 18.7. The number of anilines is 1. The van der Waals surface area contributed by atoms with E-state index in [9.17, 15) is 10.1 Å². The van der Waals surface area contributed by atoms with Gasteiger partial charge in [-0.3, -0.25) is 4.79 Å². The normalized spacial score (nSPS) is 15.8. The molecule has 0 saturated carbocycles. The Bertz CT molecular complexity index is 932. The van der Waals surface area contributed by atoms with Crippen molar-refractivity contribution in [3.63, 3.8) is 0 Å². The summed E-state index contributed by atoms with van der Waals surface area (Å²) in [5.41, 5.74) is 2.72. The molecule has 2 aromatic rings. The fourth-order valence-corrected chi connectivity index (χ4v) is 5.22. The molecule has 3 rings (SSSR count). The quantitative estimate of drug-likeness (QED) is 0.497. The lowest BCUT2D eigenvalue weighted by Gasteiger charge is -2.23. The molecule has 134 valence electrons. The molecule has 1 aromatic carbocycles. The minimum Gasteiger partial charge on any atom is -0.316 e. The maximum absolute atomic E-state index is 12.4. The Morgan fingerprint density at radius 3 is 2.85 bits per heavy atom. The number of nitrogens with zero attached hydrogens (tertiary/aromatic N) is 1. The van der Waals surface area contributed by atoms with Crippen LogP contribution in [-0.4, -0.2) is 11.7 Å². The van der Waals surface area contributed by atoms with Gasteiger partial charge in [0.2, 0.25) is 5.91 Å². The summed E-state index contributed by atoms with van der Waals surface area (Å²) in [6.07, 6.45) is 2.81. The van der Waals surface area contributed by atoms with Crippen LogP contribution >= 0.6 is 46.9 Å². The van der Waals surface area contributed by atoms with Crippen LogP contribution in [0.5, 0.6) is 0 Å². The molecule has 0 spiro atoms. The first-order chi connectivity index (χ1) is 12.5. The molecule has 1 atom stereocenters. The van der Waals surface area contributed by atoms with Crippen LogP contribution in [0, 0.1) is 21.1 Å². The van der Waals surface area contributed by atoms with Crippen LogP contribution < -0.4 is 5.32 Å².